The first kappa shape index (κ1) is 20.9. The van der Waals surface area contributed by atoms with Gasteiger partial charge in [-0.1, -0.05) is 17.7 Å². The third-order valence-corrected chi connectivity index (χ3v) is 4.46. The molecule has 0 unspecified atom stereocenters. The Hall–Kier alpha value is -2.79. The number of carbonyl (C=O) groups is 2. The highest BCUT2D eigenvalue weighted by molar-refractivity contribution is 6.33. The second-order valence-corrected chi connectivity index (χ2v) is 8.17. The maximum Gasteiger partial charge on any atom is 0.335 e. The molecule has 3 nitrogen and oxygen atoms in total. The minimum atomic E-state index is -0.728. The lowest BCUT2D eigenvalue weighted by Crippen LogP contribution is -2.25. The minimum Gasteiger partial charge on any atom is -0.457 e. The van der Waals surface area contributed by atoms with E-state index in [-0.39, 0.29) is 23.1 Å². The largest absolute Gasteiger partial charge is 0.457 e. The molecule has 0 saturated heterocycles. The molecule has 0 heterocycles. The molecule has 6 heteroatoms. The lowest BCUT2D eigenvalue weighted by molar-refractivity contribution is -0.150. The average Bonchev–Trinajstić information content (AvgIpc) is 2.73. The van der Waals surface area contributed by atoms with Gasteiger partial charge in [-0.05, 0) is 74.4 Å². The van der Waals surface area contributed by atoms with E-state index in [0.717, 1.165) is 18.2 Å². The van der Waals surface area contributed by atoms with Crippen LogP contribution in [0.1, 0.15) is 37.5 Å². The number of hydrogen-bond acceptors (Lipinski definition) is 3. The van der Waals surface area contributed by atoms with Crippen LogP contribution in [-0.4, -0.2) is 17.4 Å². The molecule has 0 atom stereocenters. The van der Waals surface area contributed by atoms with Crippen molar-refractivity contribution in [3.63, 3.8) is 0 Å². The Labute approximate surface area is 172 Å². The maximum absolute atomic E-state index is 14.2. The Kier molecular flexibility index (Phi) is 5.71. The van der Waals surface area contributed by atoms with Gasteiger partial charge in [-0.2, -0.15) is 0 Å². The van der Waals surface area contributed by atoms with E-state index in [4.69, 9.17) is 16.3 Å². The molecular formula is C23H19ClF2O3. The van der Waals surface area contributed by atoms with Gasteiger partial charge in [0.05, 0.1) is 0 Å². The highest BCUT2D eigenvalue weighted by atomic mass is 35.5. The SMILES string of the molecule is CC(C)(C)OC(=O)C1=CC(=O)/C(=C/c2cc(F)ccc2F)c2ccc(Cl)cc2C1. The molecule has 0 radical (unpaired) electrons. The molecule has 0 aliphatic heterocycles. The van der Waals surface area contributed by atoms with Gasteiger partial charge in [-0.3, -0.25) is 4.79 Å². The fraction of sp³-hybridized carbons (Fsp3) is 0.217. The molecule has 0 aromatic heterocycles. The molecule has 2 aromatic rings. The molecule has 2 aromatic carbocycles. The van der Waals surface area contributed by atoms with E-state index in [1.807, 2.05) is 0 Å². The van der Waals surface area contributed by atoms with Crippen LogP contribution in [0.2, 0.25) is 5.02 Å². The molecule has 0 saturated carbocycles. The minimum absolute atomic E-state index is 0.0663. The number of rotatable bonds is 2. The molecular weight excluding hydrogens is 398 g/mol. The van der Waals surface area contributed by atoms with Crippen molar-refractivity contribution in [2.75, 3.05) is 0 Å². The van der Waals surface area contributed by atoms with Crippen LogP contribution < -0.4 is 0 Å². The highest BCUT2D eigenvalue weighted by Gasteiger charge is 2.26. The van der Waals surface area contributed by atoms with Gasteiger partial charge in [0, 0.05) is 28.2 Å². The van der Waals surface area contributed by atoms with Crippen molar-refractivity contribution in [3.8, 4) is 0 Å². The number of fused-ring (bicyclic) bond motifs is 1. The van der Waals surface area contributed by atoms with Gasteiger partial charge in [-0.15, -0.1) is 0 Å². The number of hydrogen-bond donors (Lipinski definition) is 0. The predicted molar refractivity (Wildman–Crippen MR) is 108 cm³/mol. The summed E-state index contributed by atoms with van der Waals surface area (Å²) in [7, 11) is 0. The number of halogens is 3. The topological polar surface area (TPSA) is 43.4 Å². The number of esters is 1. The van der Waals surface area contributed by atoms with E-state index in [2.05, 4.69) is 0 Å². The van der Waals surface area contributed by atoms with E-state index >= 15 is 0 Å². The summed E-state index contributed by atoms with van der Waals surface area (Å²) in [5.74, 6) is -2.41. The van der Waals surface area contributed by atoms with Crippen LogP contribution in [0.4, 0.5) is 8.78 Å². The Morgan fingerprint density at radius 2 is 1.86 bits per heavy atom. The van der Waals surface area contributed by atoms with Gasteiger partial charge >= 0.3 is 5.97 Å². The van der Waals surface area contributed by atoms with Crippen molar-refractivity contribution in [1.82, 2.24) is 0 Å². The summed E-state index contributed by atoms with van der Waals surface area (Å²) in [4.78, 5) is 25.5. The second-order valence-electron chi connectivity index (χ2n) is 7.74. The summed E-state index contributed by atoms with van der Waals surface area (Å²) in [6.07, 6.45) is 2.59. The maximum atomic E-state index is 14.2. The Balaban J connectivity index is 2.15. The van der Waals surface area contributed by atoms with Crippen molar-refractivity contribution in [2.45, 2.75) is 32.8 Å². The molecule has 0 fully saturated rings. The summed E-state index contributed by atoms with van der Waals surface area (Å²) in [5.41, 5.74) is 0.620. The smallest absolute Gasteiger partial charge is 0.335 e. The molecule has 0 bridgehead atoms. The number of benzene rings is 2. The zero-order valence-electron chi connectivity index (χ0n) is 16.2. The van der Waals surface area contributed by atoms with Gasteiger partial charge < -0.3 is 4.74 Å². The Bertz CT molecular complexity index is 1060. The second kappa shape index (κ2) is 7.91. The fourth-order valence-electron chi connectivity index (χ4n) is 3.00. The van der Waals surface area contributed by atoms with E-state index < -0.39 is 29.0 Å². The van der Waals surface area contributed by atoms with E-state index in [1.54, 1.807) is 39.0 Å². The Morgan fingerprint density at radius 3 is 2.55 bits per heavy atom. The standard InChI is InChI=1S/C23H19ClF2O3/c1-23(2,3)29-22(28)15-8-13-9-16(24)4-6-18(13)19(21(27)12-15)11-14-10-17(25)5-7-20(14)26/h4-7,9-12H,8H2,1-3H3/b19-11+. The van der Waals surface area contributed by atoms with Crippen molar-refractivity contribution < 1.29 is 23.1 Å². The normalized spacial score (nSPS) is 15.6. The molecule has 150 valence electrons. The van der Waals surface area contributed by atoms with Crippen LogP contribution in [0.3, 0.4) is 0 Å². The molecule has 0 N–H and O–H groups in total. The first-order valence-corrected chi connectivity index (χ1v) is 9.35. The third kappa shape index (κ3) is 4.98. The molecule has 0 amide bonds. The van der Waals surface area contributed by atoms with Gasteiger partial charge in [0.2, 0.25) is 0 Å². The van der Waals surface area contributed by atoms with E-state index in [1.165, 1.54) is 12.2 Å². The van der Waals surface area contributed by atoms with E-state index in [9.17, 15) is 18.4 Å². The van der Waals surface area contributed by atoms with Crippen molar-refractivity contribution in [3.05, 3.63) is 81.4 Å². The van der Waals surface area contributed by atoms with Gasteiger partial charge in [0.25, 0.3) is 0 Å². The Morgan fingerprint density at radius 1 is 1.14 bits per heavy atom. The van der Waals surface area contributed by atoms with Crippen molar-refractivity contribution >= 4 is 35.0 Å². The monoisotopic (exact) mass is 416 g/mol. The number of ether oxygens (including phenoxy) is 1. The molecule has 29 heavy (non-hydrogen) atoms. The number of allylic oxidation sites excluding steroid dienone is 2. The first-order valence-electron chi connectivity index (χ1n) is 8.97. The summed E-state index contributed by atoms with van der Waals surface area (Å²) in [6, 6.07) is 7.87. The number of ketones is 1. The number of carbonyl (C=O) groups excluding carboxylic acids is 2. The van der Waals surface area contributed by atoms with Crippen LogP contribution >= 0.6 is 11.6 Å². The van der Waals surface area contributed by atoms with Gasteiger partial charge in [-0.25, -0.2) is 13.6 Å². The molecule has 1 aliphatic rings. The van der Waals surface area contributed by atoms with Crippen LogP contribution in [0.25, 0.3) is 11.6 Å². The average molecular weight is 417 g/mol. The quantitative estimate of drug-likeness (QED) is 0.476. The molecule has 3 rings (SSSR count). The van der Waals surface area contributed by atoms with Crippen LogP contribution in [-0.2, 0) is 20.7 Å². The van der Waals surface area contributed by atoms with Crippen molar-refractivity contribution in [1.29, 1.82) is 0 Å². The zero-order chi connectivity index (χ0) is 21.3. The van der Waals surface area contributed by atoms with Crippen molar-refractivity contribution in [2.24, 2.45) is 0 Å². The molecule has 1 aliphatic carbocycles. The fourth-order valence-corrected chi connectivity index (χ4v) is 3.20. The summed E-state index contributed by atoms with van der Waals surface area (Å²) in [5, 5.41) is 0.429. The summed E-state index contributed by atoms with van der Waals surface area (Å²) in [6.45, 7) is 5.19. The lowest BCUT2D eigenvalue weighted by Gasteiger charge is -2.20. The zero-order valence-corrected chi connectivity index (χ0v) is 16.9. The molecule has 0 spiro atoms. The van der Waals surface area contributed by atoms with Crippen LogP contribution in [0.15, 0.2) is 48.0 Å². The lowest BCUT2D eigenvalue weighted by atomic mass is 9.95. The third-order valence-electron chi connectivity index (χ3n) is 4.23. The predicted octanol–water partition coefficient (Wildman–Crippen LogP) is 5.55. The van der Waals surface area contributed by atoms with Crippen LogP contribution in [0.5, 0.6) is 0 Å². The first-order chi connectivity index (χ1) is 13.5. The summed E-state index contributed by atoms with van der Waals surface area (Å²) < 4.78 is 33.1. The van der Waals surface area contributed by atoms with Gasteiger partial charge in [0.1, 0.15) is 17.2 Å². The summed E-state index contributed by atoms with van der Waals surface area (Å²) >= 11 is 6.10. The van der Waals surface area contributed by atoms with E-state index in [0.29, 0.717) is 16.1 Å². The highest BCUT2D eigenvalue weighted by Crippen LogP contribution is 2.32. The van der Waals surface area contributed by atoms with Gasteiger partial charge in [0.15, 0.2) is 5.78 Å². The van der Waals surface area contributed by atoms with Crippen LogP contribution in [0, 0.1) is 11.6 Å².